The molecule has 1 heterocycles. The molecular weight excluding hydrogens is 276 g/mol. The van der Waals surface area contributed by atoms with Crippen molar-refractivity contribution in [2.45, 2.75) is 0 Å². The summed E-state index contributed by atoms with van der Waals surface area (Å²) in [7, 11) is 0. The Morgan fingerprint density at radius 1 is 1.25 bits per heavy atom. The van der Waals surface area contributed by atoms with Crippen LogP contribution in [0.3, 0.4) is 0 Å². The van der Waals surface area contributed by atoms with Crippen molar-refractivity contribution in [3.63, 3.8) is 0 Å². The number of rotatable bonds is 5. The number of carbonyl (C=O) groups excluding carboxylic acids is 1. The van der Waals surface area contributed by atoms with Crippen LogP contribution in [0.2, 0.25) is 0 Å². The Hall–Kier alpha value is -2.54. The van der Waals surface area contributed by atoms with Gasteiger partial charge in [0, 0.05) is 5.56 Å². The Bertz CT molecular complexity index is 602. The quantitative estimate of drug-likeness (QED) is 0.802. The molecule has 0 saturated heterocycles. The van der Waals surface area contributed by atoms with Gasteiger partial charge in [-0.2, -0.15) is 0 Å². The summed E-state index contributed by atoms with van der Waals surface area (Å²) in [5.74, 6) is 0.266. The van der Waals surface area contributed by atoms with Gasteiger partial charge in [0.05, 0.1) is 18.1 Å². The van der Waals surface area contributed by atoms with E-state index in [4.69, 9.17) is 22.7 Å². The molecular formula is C13H12N4O2S. The molecule has 7 heteroatoms. The summed E-state index contributed by atoms with van der Waals surface area (Å²) in [5, 5.41) is 2.61. The molecule has 0 fully saturated rings. The third kappa shape index (κ3) is 3.99. The van der Waals surface area contributed by atoms with Gasteiger partial charge < -0.3 is 15.8 Å². The lowest BCUT2D eigenvalue weighted by Crippen LogP contribution is -2.20. The van der Waals surface area contributed by atoms with Gasteiger partial charge in [-0.1, -0.05) is 12.2 Å². The van der Waals surface area contributed by atoms with Gasteiger partial charge in [-0.05, 0) is 24.3 Å². The molecule has 102 valence electrons. The first kappa shape index (κ1) is 13.9. The van der Waals surface area contributed by atoms with Crippen molar-refractivity contribution in [2.75, 3.05) is 11.9 Å². The highest BCUT2D eigenvalue weighted by molar-refractivity contribution is 7.80. The molecule has 0 radical (unpaired) electrons. The van der Waals surface area contributed by atoms with E-state index in [0.717, 1.165) is 5.56 Å². The number of carbonyl (C=O) groups is 1. The van der Waals surface area contributed by atoms with Gasteiger partial charge in [0.2, 0.25) is 0 Å². The molecule has 2 rings (SSSR count). The van der Waals surface area contributed by atoms with E-state index in [0.29, 0.717) is 16.4 Å². The van der Waals surface area contributed by atoms with Crippen LogP contribution in [-0.4, -0.2) is 27.5 Å². The van der Waals surface area contributed by atoms with Gasteiger partial charge in [0.25, 0.3) is 5.91 Å². The van der Waals surface area contributed by atoms with E-state index in [1.165, 1.54) is 18.7 Å². The summed E-state index contributed by atoms with van der Waals surface area (Å²) in [5.41, 5.74) is 6.75. The highest BCUT2D eigenvalue weighted by Crippen LogP contribution is 2.12. The molecule has 0 spiro atoms. The molecule has 0 saturated carbocycles. The van der Waals surface area contributed by atoms with Crippen LogP contribution in [0.5, 0.6) is 5.75 Å². The Balaban J connectivity index is 1.85. The lowest BCUT2D eigenvalue weighted by molar-refractivity contribution is -0.118. The highest BCUT2D eigenvalue weighted by Gasteiger charge is 2.04. The first-order valence-electron chi connectivity index (χ1n) is 5.72. The molecule has 0 aliphatic heterocycles. The molecule has 0 aliphatic carbocycles. The lowest BCUT2D eigenvalue weighted by atomic mass is 10.2. The summed E-state index contributed by atoms with van der Waals surface area (Å²) >= 11 is 4.85. The Morgan fingerprint density at radius 2 is 1.90 bits per heavy atom. The standard InChI is InChI=1S/C13H12N4O2S/c14-13(20)9-1-3-11(4-2-9)19-7-12(18)17-10-5-15-8-16-6-10/h1-6,8H,7H2,(H2,14,20)(H,17,18). The predicted octanol–water partition coefficient (Wildman–Crippen LogP) is 1.13. The number of anilines is 1. The molecule has 1 amide bonds. The zero-order valence-corrected chi connectivity index (χ0v) is 11.3. The molecule has 1 aromatic heterocycles. The normalized spacial score (nSPS) is 9.80. The second-order valence-electron chi connectivity index (χ2n) is 3.85. The fourth-order valence-corrected chi connectivity index (χ4v) is 1.56. The first-order valence-corrected chi connectivity index (χ1v) is 6.13. The number of aromatic nitrogens is 2. The lowest BCUT2D eigenvalue weighted by Gasteiger charge is -2.07. The fraction of sp³-hybridized carbons (Fsp3) is 0.0769. The minimum absolute atomic E-state index is 0.110. The average molecular weight is 288 g/mol. The molecule has 1 aromatic carbocycles. The Labute approximate surface area is 121 Å². The first-order chi connectivity index (χ1) is 9.65. The molecule has 6 nitrogen and oxygen atoms in total. The van der Waals surface area contributed by atoms with E-state index in [1.54, 1.807) is 24.3 Å². The van der Waals surface area contributed by atoms with Crippen molar-refractivity contribution in [3.05, 3.63) is 48.5 Å². The maximum atomic E-state index is 11.6. The van der Waals surface area contributed by atoms with Gasteiger partial charge in [0.15, 0.2) is 6.61 Å². The monoisotopic (exact) mass is 288 g/mol. The van der Waals surface area contributed by atoms with Gasteiger partial charge in [-0.15, -0.1) is 0 Å². The third-order valence-electron chi connectivity index (χ3n) is 2.35. The minimum atomic E-state index is -0.293. The molecule has 20 heavy (non-hydrogen) atoms. The largest absolute Gasteiger partial charge is 0.484 e. The van der Waals surface area contributed by atoms with E-state index in [-0.39, 0.29) is 12.5 Å². The smallest absolute Gasteiger partial charge is 0.262 e. The van der Waals surface area contributed by atoms with Gasteiger partial charge >= 0.3 is 0 Å². The van der Waals surface area contributed by atoms with Crippen molar-refractivity contribution >= 4 is 28.8 Å². The number of amides is 1. The van der Waals surface area contributed by atoms with Crippen LogP contribution >= 0.6 is 12.2 Å². The van der Waals surface area contributed by atoms with E-state index < -0.39 is 0 Å². The number of ether oxygens (including phenoxy) is 1. The molecule has 0 bridgehead atoms. The van der Waals surface area contributed by atoms with Crippen LogP contribution in [0.4, 0.5) is 5.69 Å². The fourth-order valence-electron chi connectivity index (χ4n) is 1.43. The SMILES string of the molecule is NC(=S)c1ccc(OCC(=O)Nc2cncnc2)cc1. The van der Waals surface area contributed by atoms with Crippen LogP contribution < -0.4 is 15.8 Å². The number of nitrogens with zero attached hydrogens (tertiary/aromatic N) is 2. The van der Waals surface area contributed by atoms with Crippen LogP contribution in [-0.2, 0) is 4.79 Å². The number of thiocarbonyl (C=S) groups is 1. The average Bonchev–Trinajstić information content (AvgIpc) is 2.46. The van der Waals surface area contributed by atoms with Gasteiger partial charge in [0.1, 0.15) is 17.1 Å². The molecule has 0 atom stereocenters. The van der Waals surface area contributed by atoms with Crippen LogP contribution in [0.25, 0.3) is 0 Å². The van der Waals surface area contributed by atoms with Crippen LogP contribution in [0.15, 0.2) is 43.0 Å². The number of benzene rings is 1. The molecule has 0 unspecified atom stereocenters. The summed E-state index contributed by atoms with van der Waals surface area (Å²) in [6, 6.07) is 6.88. The maximum Gasteiger partial charge on any atom is 0.262 e. The van der Waals surface area contributed by atoms with Gasteiger partial charge in [-0.3, -0.25) is 4.79 Å². The second kappa shape index (κ2) is 6.58. The van der Waals surface area contributed by atoms with Crippen molar-refractivity contribution in [1.82, 2.24) is 9.97 Å². The molecule has 3 N–H and O–H groups in total. The van der Waals surface area contributed by atoms with Crippen LogP contribution in [0.1, 0.15) is 5.56 Å². The topological polar surface area (TPSA) is 90.1 Å². The summed E-state index contributed by atoms with van der Waals surface area (Å²) < 4.78 is 5.34. The van der Waals surface area contributed by atoms with Crippen LogP contribution in [0, 0.1) is 0 Å². The molecule has 2 aromatic rings. The number of hydrogen-bond donors (Lipinski definition) is 2. The summed E-state index contributed by atoms with van der Waals surface area (Å²) in [4.78, 5) is 19.5. The minimum Gasteiger partial charge on any atom is -0.484 e. The number of nitrogens with one attached hydrogen (secondary N) is 1. The predicted molar refractivity (Wildman–Crippen MR) is 78.5 cm³/mol. The van der Waals surface area contributed by atoms with Crippen molar-refractivity contribution in [2.24, 2.45) is 5.73 Å². The van der Waals surface area contributed by atoms with E-state index >= 15 is 0 Å². The molecule has 0 aliphatic rings. The third-order valence-corrected chi connectivity index (χ3v) is 2.59. The Morgan fingerprint density at radius 3 is 2.50 bits per heavy atom. The van der Waals surface area contributed by atoms with E-state index in [2.05, 4.69) is 15.3 Å². The van der Waals surface area contributed by atoms with Crippen molar-refractivity contribution in [3.8, 4) is 5.75 Å². The second-order valence-corrected chi connectivity index (χ2v) is 4.29. The summed E-state index contributed by atoms with van der Waals surface area (Å²) in [6.07, 6.45) is 4.39. The van der Waals surface area contributed by atoms with Gasteiger partial charge in [-0.25, -0.2) is 9.97 Å². The number of nitrogens with two attached hydrogens (primary N) is 1. The summed E-state index contributed by atoms with van der Waals surface area (Å²) in [6.45, 7) is -0.110. The number of hydrogen-bond acceptors (Lipinski definition) is 5. The van der Waals surface area contributed by atoms with Crippen molar-refractivity contribution in [1.29, 1.82) is 0 Å². The van der Waals surface area contributed by atoms with E-state index in [1.807, 2.05) is 0 Å². The highest BCUT2D eigenvalue weighted by atomic mass is 32.1. The van der Waals surface area contributed by atoms with Crippen molar-refractivity contribution < 1.29 is 9.53 Å². The zero-order chi connectivity index (χ0) is 14.4. The maximum absolute atomic E-state index is 11.6. The Kier molecular flexibility index (Phi) is 4.56. The van der Waals surface area contributed by atoms with E-state index in [9.17, 15) is 4.79 Å². The zero-order valence-electron chi connectivity index (χ0n) is 10.4.